The van der Waals surface area contributed by atoms with Crippen LogP contribution in [0.1, 0.15) is 15.9 Å². The predicted octanol–water partition coefficient (Wildman–Crippen LogP) is 4.27. The molecule has 0 aliphatic heterocycles. The lowest BCUT2D eigenvalue weighted by molar-refractivity contribution is 0.0697. The monoisotopic (exact) mass is 349 g/mol. The first-order valence-corrected chi connectivity index (χ1v) is 8.08. The van der Waals surface area contributed by atoms with Crippen LogP contribution in [-0.2, 0) is 11.3 Å². The fourth-order valence-corrected chi connectivity index (χ4v) is 2.74. The Morgan fingerprint density at radius 2 is 1.65 bits per heavy atom. The van der Waals surface area contributed by atoms with Gasteiger partial charge in [-0.1, -0.05) is 12.1 Å². The number of carbonyl (C=O) groups is 1. The number of hydrogen-bond donors (Lipinski definition) is 1. The van der Waals surface area contributed by atoms with E-state index >= 15 is 0 Å². The van der Waals surface area contributed by atoms with Gasteiger partial charge in [-0.05, 0) is 53.6 Å². The number of carboxylic acids is 1. The van der Waals surface area contributed by atoms with Crippen molar-refractivity contribution in [2.24, 2.45) is 0 Å². The number of aromatic carboxylic acids is 1. The highest BCUT2D eigenvalue weighted by molar-refractivity contribution is 5.89. The average Bonchev–Trinajstić information content (AvgIpc) is 2.68. The minimum absolute atomic E-state index is 0.251. The quantitative estimate of drug-likeness (QED) is 0.720. The predicted molar refractivity (Wildman–Crippen MR) is 99.3 cm³/mol. The van der Waals surface area contributed by atoms with Gasteiger partial charge in [-0.2, -0.15) is 0 Å². The summed E-state index contributed by atoms with van der Waals surface area (Å²) in [6.07, 6.45) is 1.79. The molecule has 132 valence electrons. The smallest absolute Gasteiger partial charge is 0.335 e. The SMILES string of the molecule is COCc1cnc(-c2ccc(OC)cc2)c(-c2ccc(C(=O)O)cc2)c1. The molecule has 0 saturated heterocycles. The molecule has 5 heteroatoms. The van der Waals surface area contributed by atoms with E-state index < -0.39 is 5.97 Å². The lowest BCUT2D eigenvalue weighted by Gasteiger charge is -2.12. The fraction of sp³-hybridized carbons (Fsp3) is 0.143. The van der Waals surface area contributed by atoms with Crippen molar-refractivity contribution < 1.29 is 19.4 Å². The topological polar surface area (TPSA) is 68.7 Å². The van der Waals surface area contributed by atoms with E-state index in [0.29, 0.717) is 6.61 Å². The van der Waals surface area contributed by atoms with Crippen LogP contribution in [0.3, 0.4) is 0 Å². The third-order valence-electron chi connectivity index (χ3n) is 4.06. The molecule has 3 rings (SSSR count). The molecule has 0 unspecified atom stereocenters. The van der Waals surface area contributed by atoms with Gasteiger partial charge < -0.3 is 14.6 Å². The van der Waals surface area contributed by atoms with Crippen molar-refractivity contribution in [2.75, 3.05) is 14.2 Å². The summed E-state index contributed by atoms with van der Waals surface area (Å²) in [6.45, 7) is 0.454. The van der Waals surface area contributed by atoms with Crippen LogP contribution < -0.4 is 4.74 Å². The molecule has 26 heavy (non-hydrogen) atoms. The Balaban J connectivity index is 2.10. The largest absolute Gasteiger partial charge is 0.497 e. The average molecular weight is 349 g/mol. The van der Waals surface area contributed by atoms with Gasteiger partial charge >= 0.3 is 5.97 Å². The minimum Gasteiger partial charge on any atom is -0.497 e. The first kappa shape index (κ1) is 17.6. The van der Waals surface area contributed by atoms with E-state index in [1.165, 1.54) is 0 Å². The van der Waals surface area contributed by atoms with Gasteiger partial charge in [0.05, 0.1) is 25.0 Å². The van der Waals surface area contributed by atoms with Crippen LogP contribution in [0.5, 0.6) is 5.75 Å². The summed E-state index contributed by atoms with van der Waals surface area (Å²) in [4.78, 5) is 15.7. The number of rotatable bonds is 6. The highest BCUT2D eigenvalue weighted by Gasteiger charge is 2.12. The van der Waals surface area contributed by atoms with Crippen molar-refractivity contribution in [3.63, 3.8) is 0 Å². The van der Waals surface area contributed by atoms with E-state index in [1.807, 2.05) is 30.3 Å². The van der Waals surface area contributed by atoms with Gasteiger partial charge in [0.1, 0.15) is 5.75 Å². The summed E-state index contributed by atoms with van der Waals surface area (Å²) < 4.78 is 10.4. The number of carboxylic acid groups (broad SMARTS) is 1. The van der Waals surface area contributed by atoms with Gasteiger partial charge in [0.2, 0.25) is 0 Å². The first-order valence-electron chi connectivity index (χ1n) is 8.08. The molecule has 1 heterocycles. The van der Waals surface area contributed by atoms with Gasteiger partial charge in [-0.15, -0.1) is 0 Å². The van der Waals surface area contributed by atoms with Crippen LogP contribution in [0.4, 0.5) is 0 Å². The molecule has 0 fully saturated rings. The van der Waals surface area contributed by atoms with Crippen LogP contribution in [-0.4, -0.2) is 30.3 Å². The molecule has 2 aromatic carbocycles. The van der Waals surface area contributed by atoms with Gasteiger partial charge in [-0.25, -0.2) is 4.79 Å². The zero-order valence-electron chi connectivity index (χ0n) is 14.6. The molecule has 0 spiro atoms. The molecule has 0 aliphatic rings. The van der Waals surface area contributed by atoms with Crippen molar-refractivity contribution in [3.8, 4) is 28.1 Å². The molecule has 3 aromatic rings. The van der Waals surface area contributed by atoms with E-state index in [4.69, 9.17) is 14.6 Å². The Hall–Kier alpha value is -3.18. The number of pyridine rings is 1. The molecule has 1 aromatic heterocycles. The van der Waals surface area contributed by atoms with Crippen molar-refractivity contribution in [1.29, 1.82) is 0 Å². The summed E-state index contributed by atoms with van der Waals surface area (Å²) in [5.74, 6) is -0.171. The summed E-state index contributed by atoms with van der Waals surface area (Å²) in [7, 11) is 3.26. The summed E-state index contributed by atoms with van der Waals surface area (Å²) in [5.41, 5.74) is 4.78. The molecule has 0 saturated carbocycles. The van der Waals surface area contributed by atoms with E-state index in [0.717, 1.165) is 33.7 Å². The lowest BCUT2D eigenvalue weighted by Crippen LogP contribution is -1.97. The van der Waals surface area contributed by atoms with Gasteiger partial charge in [-0.3, -0.25) is 4.98 Å². The van der Waals surface area contributed by atoms with Crippen molar-refractivity contribution >= 4 is 5.97 Å². The van der Waals surface area contributed by atoms with E-state index in [-0.39, 0.29) is 5.56 Å². The number of aromatic nitrogens is 1. The highest BCUT2D eigenvalue weighted by Crippen LogP contribution is 2.32. The number of hydrogen-bond acceptors (Lipinski definition) is 4. The molecule has 1 N–H and O–H groups in total. The number of ether oxygens (including phenoxy) is 2. The number of methoxy groups -OCH3 is 2. The third kappa shape index (κ3) is 3.73. The number of benzene rings is 2. The zero-order valence-corrected chi connectivity index (χ0v) is 14.6. The number of nitrogens with zero attached hydrogens (tertiary/aromatic N) is 1. The Bertz CT molecular complexity index is 902. The maximum Gasteiger partial charge on any atom is 0.335 e. The maximum atomic E-state index is 11.1. The van der Waals surface area contributed by atoms with Gasteiger partial charge in [0.15, 0.2) is 0 Å². The second-order valence-electron chi connectivity index (χ2n) is 5.78. The summed E-state index contributed by atoms with van der Waals surface area (Å²) >= 11 is 0. The first-order chi connectivity index (χ1) is 12.6. The fourth-order valence-electron chi connectivity index (χ4n) is 2.74. The Morgan fingerprint density at radius 3 is 2.23 bits per heavy atom. The lowest BCUT2D eigenvalue weighted by atomic mass is 9.97. The van der Waals surface area contributed by atoms with Gasteiger partial charge in [0.25, 0.3) is 0 Å². The van der Waals surface area contributed by atoms with Crippen LogP contribution in [0.15, 0.2) is 60.8 Å². The molecule has 0 amide bonds. The second kappa shape index (κ2) is 7.80. The summed E-state index contributed by atoms with van der Waals surface area (Å²) in [6, 6.07) is 16.5. The van der Waals surface area contributed by atoms with Crippen LogP contribution in [0.2, 0.25) is 0 Å². The minimum atomic E-state index is -0.946. The van der Waals surface area contributed by atoms with Crippen molar-refractivity contribution in [2.45, 2.75) is 6.61 Å². The molecule has 5 nitrogen and oxygen atoms in total. The van der Waals surface area contributed by atoms with Crippen LogP contribution >= 0.6 is 0 Å². The zero-order chi connectivity index (χ0) is 18.5. The molecule has 0 aliphatic carbocycles. The molecular weight excluding hydrogens is 330 g/mol. The van der Waals surface area contributed by atoms with Crippen LogP contribution in [0.25, 0.3) is 22.4 Å². The van der Waals surface area contributed by atoms with E-state index in [2.05, 4.69) is 4.98 Å². The molecular formula is C21H19NO4. The van der Waals surface area contributed by atoms with Crippen molar-refractivity contribution in [3.05, 3.63) is 71.9 Å². The Kier molecular flexibility index (Phi) is 5.29. The third-order valence-corrected chi connectivity index (χ3v) is 4.06. The normalized spacial score (nSPS) is 10.5. The highest BCUT2D eigenvalue weighted by atomic mass is 16.5. The van der Waals surface area contributed by atoms with E-state index in [1.54, 1.807) is 44.7 Å². The standard InChI is InChI=1S/C21H19NO4/c1-25-13-14-11-19(15-3-5-17(6-4-15)21(23)24)20(22-12-14)16-7-9-18(26-2)10-8-16/h3-12H,13H2,1-2H3,(H,23,24). The summed E-state index contributed by atoms with van der Waals surface area (Å²) in [5, 5.41) is 9.10. The van der Waals surface area contributed by atoms with Gasteiger partial charge in [0, 0.05) is 24.4 Å². The van der Waals surface area contributed by atoms with E-state index in [9.17, 15) is 4.79 Å². The molecule has 0 bridgehead atoms. The molecule has 0 radical (unpaired) electrons. The second-order valence-corrected chi connectivity index (χ2v) is 5.78. The Morgan fingerprint density at radius 1 is 1.00 bits per heavy atom. The molecule has 0 atom stereocenters. The Labute approximate surface area is 151 Å². The van der Waals surface area contributed by atoms with Crippen LogP contribution in [0, 0.1) is 0 Å². The maximum absolute atomic E-state index is 11.1. The van der Waals surface area contributed by atoms with Crippen molar-refractivity contribution in [1.82, 2.24) is 4.98 Å².